The van der Waals surface area contributed by atoms with Gasteiger partial charge in [0.25, 0.3) is 0 Å². The molecule has 4 heteroatoms. The van der Waals surface area contributed by atoms with Crippen molar-refractivity contribution in [2.75, 3.05) is 14.2 Å². The third-order valence-electron chi connectivity index (χ3n) is 2.80. The van der Waals surface area contributed by atoms with Crippen LogP contribution in [0.15, 0.2) is 18.2 Å². The Kier molecular flexibility index (Phi) is 5.95. The highest BCUT2D eigenvalue weighted by Crippen LogP contribution is 2.27. The lowest BCUT2D eigenvalue weighted by atomic mass is 10.1. The van der Waals surface area contributed by atoms with Crippen LogP contribution in [0.25, 0.3) is 0 Å². The number of aliphatic hydroxyl groups is 1. The number of aliphatic hydroxyl groups excluding tert-OH is 1. The van der Waals surface area contributed by atoms with Crippen LogP contribution in [0.3, 0.4) is 0 Å². The Morgan fingerprint density at radius 2 is 1.83 bits per heavy atom. The highest BCUT2D eigenvalue weighted by Gasteiger charge is 2.07. The van der Waals surface area contributed by atoms with Gasteiger partial charge in [-0.3, -0.25) is 0 Å². The molecule has 1 rings (SSSR count). The van der Waals surface area contributed by atoms with Crippen molar-refractivity contribution < 1.29 is 14.6 Å². The normalized spacial score (nSPS) is 14.1. The van der Waals surface area contributed by atoms with Crippen LogP contribution in [0.5, 0.6) is 11.5 Å². The third-order valence-corrected chi connectivity index (χ3v) is 2.80. The summed E-state index contributed by atoms with van der Waals surface area (Å²) in [6, 6.07) is 6.14. The quantitative estimate of drug-likeness (QED) is 0.780. The maximum absolute atomic E-state index is 9.29. The Bertz CT molecular complexity index is 366. The molecule has 0 amide bonds. The molecule has 102 valence electrons. The molecule has 0 radical (unpaired) electrons. The standard InChI is InChI=1S/C14H23NO3/c1-10(7-11(2)16)15-9-12-5-6-13(17-3)14(8-12)18-4/h5-6,8,10-11,15-16H,7,9H2,1-4H3. The molecule has 0 spiro atoms. The number of ether oxygens (including phenoxy) is 2. The van der Waals surface area contributed by atoms with Gasteiger partial charge < -0.3 is 19.9 Å². The molecule has 4 nitrogen and oxygen atoms in total. The summed E-state index contributed by atoms with van der Waals surface area (Å²) in [5, 5.41) is 12.7. The van der Waals surface area contributed by atoms with Gasteiger partial charge in [-0.1, -0.05) is 6.07 Å². The van der Waals surface area contributed by atoms with Crippen LogP contribution in [-0.4, -0.2) is 31.5 Å². The molecule has 2 N–H and O–H groups in total. The number of methoxy groups -OCH3 is 2. The topological polar surface area (TPSA) is 50.7 Å². The van der Waals surface area contributed by atoms with Crippen LogP contribution >= 0.6 is 0 Å². The van der Waals surface area contributed by atoms with E-state index in [1.807, 2.05) is 18.2 Å². The monoisotopic (exact) mass is 253 g/mol. The van der Waals surface area contributed by atoms with Crippen LogP contribution in [0.4, 0.5) is 0 Å². The summed E-state index contributed by atoms with van der Waals surface area (Å²) in [4.78, 5) is 0. The summed E-state index contributed by atoms with van der Waals surface area (Å²) in [7, 11) is 3.26. The molecule has 1 aromatic carbocycles. The molecule has 0 aromatic heterocycles. The van der Waals surface area contributed by atoms with Gasteiger partial charge in [-0.25, -0.2) is 0 Å². The van der Waals surface area contributed by atoms with Gasteiger partial charge in [-0.15, -0.1) is 0 Å². The molecular weight excluding hydrogens is 230 g/mol. The van der Waals surface area contributed by atoms with Crippen molar-refractivity contribution in [3.8, 4) is 11.5 Å². The molecule has 0 fully saturated rings. The minimum Gasteiger partial charge on any atom is -0.493 e. The molecule has 1 aromatic rings. The van der Waals surface area contributed by atoms with Crippen molar-refractivity contribution in [2.45, 2.75) is 39.0 Å². The molecular formula is C14H23NO3. The molecule has 18 heavy (non-hydrogen) atoms. The zero-order chi connectivity index (χ0) is 13.5. The third kappa shape index (κ3) is 4.55. The lowest BCUT2D eigenvalue weighted by Gasteiger charge is -2.16. The first kappa shape index (κ1) is 14.8. The summed E-state index contributed by atoms with van der Waals surface area (Å²) in [5.74, 6) is 1.47. The van der Waals surface area contributed by atoms with Gasteiger partial charge in [0.15, 0.2) is 11.5 Å². The largest absolute Gasteiger partial charge is 0.493 e. The van der Waals surface area contributed by atoms with E-state index in [2.05, 4.69) is 12.2 Å². The van der Waals surface area contributed by atoms with Crippen LogP contribution in [0.1, 0.15) is 25.8 Å². The smallest absolute Gasteiger partial charge is 0.161 e. The van der Waals surface area contributed by atoms with E-state index in [4.69, 9.17) is 9.47 Å². The highest BCUT2D eigenvalue weighted by atomic mass is 16.5. The van der Waals surface area contributed by atoms with Gasteiger partial charge in [0.1, 0.15) is 0 Å². The Morgan fingerprint density at radius 3 is 2.39 bits per heavy atom. The number of hydrogen-bond acceptors (Lipinski definition) is 4. The second kappa shape index (κ2) is 7.24. The molecule has 0 heterocycles. The predicted molar refractivity (Wildman–Crippen MR) is 72.1 cm³/mol. The maximum Gasteiger partial charge on any atom is 0.161 e. The molecule has 0 aliphatic heterocycles. The first-order valence-corrected chi connectivity index (χ1v) is 6.19. The molecule has 2 unspecified atom stereocenters. The first-order chi connectivity index (χ1) is 8.56. The van der Waals surface area contributed by atoms with Crippen molar-refractivity contribution >= 4 is 0 Å². The Balaban J connectivity index is 2.57. The van der Waals surface area contributed by atoms with Gasteiger partial charge in [0, 0.05) is 12.6 Å². The lowest BCUT2D eigenvalue weighted by molar-refractivity contribution is 0.170. The summed E-state index contributed by atoms with van der Waals surface area (Å²) in [5.41, 5.74) is 1.13. The van der Waals surface area contributed by atoms with E-state index in [0.717, 1.165) is 30.0 Å². The number of rotatable bonds is 7. The Hall–Kier alpha value is -1.26. The van der Waals surface area contributed by atoms with E-state index < -0.39 is 0 Å². The van der Waals surface area contributed by atoms with Crippen LogP contribution in [-0.2, 0) is 6.54 Å². The van der Waals surface area contributed by atoms with Crippen LogP contribution in [0.2, 0.25) is 0 Å². The number of hydrogen-bond donors (Lipinski definition) is 2. The minimum atomic E-state index is -0.280. The first-order valence-electron chi connectivity index (χ1n) is 6.19. The van der Waals surface area contributed by atoms with E-state index in [1.165, 1.54) is 0 Å². The van der Waals surface area contributed by atoms with E-state index in [0.29, 0.717) is 0 Å². The zero-order valence-corrected chi connectivity index (χ0v) is 11.6. The Morgan fingerprint density at radius 1 is 1.17 bits per heavy atom. The van der Waals surface area contributed by atoms with Crippen LogP contribution < -0.4 is 14.8 Å². The fourth-order valence-electron chi connectivity index (χ4n) is 1.88. The summed E-state index contributed by atoms with van der Waals surface area (Å²) >= 11 is 0. The van der Waals surface area contributed by atoms with Crippen molar-refractivity contribution in [3.63, 3.8) is 0 Å². The van der Waals surface area contributed by atoms with Gasteiger partial charge in [0.05, 0.1) is 20.3 Å². The average molecular weight is 253 g/mol. The lowest BCUT2D eigenvalue weighted by Crippen LogP contribution is -2.28. The van der Waals surface area contributed by atoms with Crippen molar-refractivity contribution in [1.29, 1.82) is 0 Å². The molecule has 0 aliphatic carbocycles. The minimum absolute atomic E-state index is 0.276. The fraction of sp³-hybridized carbons (Fsp3) is 0.571. The fourth-order valence-corrected chi connectivity index (χ4v) is 1.88. The van der Waals surface area contributed by atoms with Gasteiger partial charge >= 0.3 is 0 Å². The summed E-state index contributed by atoms with van der Waals surface area (Å²) < 4.78 is 10.4. The zero-order valence-electron chi connectivity index (χ0n) is 11.6. The second-order valence-electron chi connectivity index (χ2n) is 4.56. The molecule has 0 aliphatic rings. The van der Waals surface area contributed by atoms with Gasteiger partial charge in [-0.2, -0.15) is 0 Å². The van der Waals surface area contributed by atoms with Crippen molar-refractivity contribution in [2.24, 2.45) is 0 Å². The predicted octanol–water partition coefficient (Wildman–Crippen LogP) is 1.95. The second-order valence-corrected chi connectivity index (χ2v) is 4.56. The van der Waals surface area contributed by atoms with E-state index in [9.17, 15) is 5.11 Å². The molecule has 2 atom stereocenters. The maximum atomic E-state index is 9.29. The number of benzene rings is 1. The number of nitrogens with one attached hydrogen (secondary N) is 1. The summed E-state index contributed by atoms with van der Waals surface area (Å²) in [6.07, 6.45) is 0.464. The highest BCUT2D eigenvalue weighted by molar-refractivity contribution is 5.42. The van der Waals surface area contributed by atoms with Crippen molar-refractivity contribution in [1.82, 2.24) is 5.32 Å². The summed E-state index contributed by atoms with van der Waals surface area (Å²) in [6.45, 7) is 4.61. The van der Waals surface area contributed by atoms with E-state index in [1.54, 1.807) is 21.1 Å². The Labute approximate surface area is 109 Å². The molecule has 0 saturated heterocycles. The van der Waals surface area contributed by atoms with Crippen molar-refractivity contribution in [3.05, 3.63) is 23.8 Å². The molecule has 0 bridgehead atoms. The van der Waals surface area contributed by atoms with Gasteiger partial charge in [0.2, 0.25) is 0 Å². The average Bonchev–Trinajstić information content (AvgIpc) is 2.35. The van der Waals surface area contributed by atoms with E-state index in [-0.39, 0.29) is 12.1 Å². The SMILES string of the molecule is COc1ccc(CNC(C)CC(C)O)cc1OC. The molecule has 0 saturated carbocycles. The van der Waals surface area contributed by atoms with Gasteiger partial charge in [-0.05, 0) is 38.0 Å². The van der Waals surface area contributed by atoms with E-state index >= 15 is 0 Å². The van der Waals surface area contributed by atoms with Crippen LogP contribution in [0, 0.1) is 0 Å².